The zero-order valence-electron chi connectivity index (χ0n) is 20.2. The van der Waals surface area contributed by atoms with Crippen LogP contribution in [0, 0.1) is 17.3 Å². The standard InChI is InChI=1S/C26H31N3O6S/c1-2-3-17-35-22-9-11-23(12-10-22)36(33,34)20-26(13-15-27-16-14-26)25(31)29(32)24(30)19-28-18-21-7-5-4-6-8-21/h4-12,27-28,32H,13-20H2,1H3. The average molecular weight is 514 g/mol. The Morgan fingerprint density at radius 1 is 1.11 bits per heavy atom. The fraction of sp³-hybridized carbons (Fsp3) is 0.385. The van der Waals surface area contributed by atoms with Gasteiger partial charge in [0.05, 0.1) is 22.6 Å². The van der Waals surface area contributed by atoms with Gasteiger partial charge in [-0.1, -0.05) is 36.3 Å². The van der Waals surface area contributed by atoms with Crippen molar-refractivity contribution in [2.45, 2.75) is 31.2 Å². The summed E-state index contributed by atoms with van der Waals surface area (Å²) in [5, 5.41) is 16.5. The normalized spacial score (nSPS) is 14.8. The number of rotatable bonds is 10. The Morgan fingerprint density at radius 2 is 1.78 bits per heavy atom. The third-order valence-electron chi connectivity index (χ3n) is 6.03. The second-order valence-electron chi connectivity index (χ2n) is 8.58. The van der Waals surface area contributed by atoms with Gasteiger partial charge < -0.3 is 15.4 Å². The van der Waals surface area contributed by atoms with Crippen LogP contribution in [-0.4, -0.2) is 62.5 Å². The maximum Gasteiger partial charge on any atom is 0.267 e. The van der Waals surface area contributed by atoms with E-state index in [9.17, 15) is 23.2 Å². The molecule has 0 spiro atoms. The van der Waals surface area contributed by atoms with Crippen molar-refractivity contribution in [3.8, 4) is 17.6 Å². The van der Waals surface area contributed by atoms with Gasteiger partial charge in [0.25, 0.3) is 11.8 Å². The van der Waals surface area contributed by atoms with Crippen molar-refractivity contribution in [1.82, 2.24) is 15.7 Å². The summed E-state index contributed by atoms with van der Waals surface area (Å²) in [6.07, 6.45) is 0.341. The molecule has 0 bridgehead atoms. The number of hydrogen-bond donors (Lipinski definition) is 3. The molecule has 1 heterocycles. The topological polar surface area (TPSA) is 125 Å². The highest BCUT2D eigenvalue weighted by Crippen LogP contribution is 2.35. The zero-order chi connectivity index (χ0) is 26.0. The Labute approximate surface area is 211 Å². The number of hydroxylamine groups is 2. The number of amides is 2. The Balaban J connectivity index is 1.69. The van der Waals surface area contributed by atoms with Crippen LogP contribution in [0.25, 0.3) is 0 Å². The average Bonchev–Trinajstić information content (AvgIpc) is 2.89. The maximum atomic E-state index is 13.3. The molecular formula is C26H31N3O6S. The molecule has 1 saturated heterocycles. The monoisotopic (exact) mass is 513 g/mol. The van der Waals surface area contributed by atoms with Gasteiger partial charge in [-0.25, -0.2) is 8.42 Å². The third-order valence-corrected chi connectivity index (χ3v) is 7.95. The number of sulfone groups is 1. The molecule has 0 aromatic heterocycles. The van der Waals surface area contributed by atoms with Crippen molar-refractivity contribution in [3.05, 3.63) is 60.2 Å². The Bertz CT molecular complexity index is 1200. The van der Waals surface area contributed by atoms with Gasteiger partial charge in [-0.2, -0.15) is 5.06 Å². The minimum absolute atomic E-state index is 0.0301. The van der Waals surface area contributed by atoms with Gasteiger partial charge in [-0.05, 0) is 62.7 Å². The highest BCUT2D eigenvalue weighted by molar-refractivity contribution is 7.91. The van der Waals surface area contributed by atoms with Gasteiger partial charge >= 0.3 is 0 Å². The Hall–Kier alpha value is -3.23. The predicted molar refractivity (Wildman–Crippen MR) is 134 cm³/mol. The van der Waals surface area contributed by atoms with Crippen LogP contribution in [0.2, 0.25) is 0 Å². The molecule has 0 saturated carbocycles. The van der Waals surface area contributed by atoms with Gasteiger partial charge in [0, 0.05) is 6.54 Å². The number of ether oxygens (including phenoxy) is 1. The molecule has 36 heavy (non-hydrogen) atoms. The Morgan fingerprint density at radius 3 is 2.42 bits per heavy atom. The summed E-state index contributed by atoms with van der Waals surface area (Å²) in [4.78, 5) is 25.9. The van der Waals surface area contributed by atoms with Crippen LogP contribution < -0.4 is 15.4 Å². The summed E-state index contributed by atoms with van der Waals surface area (Å²) in [7, 11) is -3.91. The molecule has 2 amide bonds. The first-order valence-electron chi connectivity index (χ1n) is 11.6. The molecule has 0 radical (unpaired) electrons. The minimum atomic E-state index is -3.91. The second kappa shape index (κ2) is 12.6. The fourth-order valence-electron chi connectivity index (χ4n) is 4.03. The van der Waals surface area contributed by atoms with Crippen LogP contribution in [0.4, 0.5) is 0 Å². The number of carbonyl (C=O) groups excluding carboxylic acids is 2. The number of benzene rings is 2. The van der Waals surface area contributed by atoms with Crippen LogP contribution in [0.15, 0.2) is 59.5 Å². The Kier molecular flexibility index (Phi) is 9.61. The predicted octanol–water partition coefficient (Wildman–Crippen LogP) is 1.77. The number of nitrogens with zero attached hydrogens (tertiary/aromatic N) is 1. The highest BCUT2D eigenvalue weighted by atomic mass is 32.2. The first kappa shape index (κ1) is 27.4. The molecule has 192 valence electrons. The van der Waals surface area contributed by atoms with Crippen LogP contribution in [0.5, 0.6) is 5.75 Å². The zero-order valence-corrected chi connectivity index (χ0v) is 21.0. The van der Waals surface area contributed by atoms with Crippen molar-refractivity contribution in [2.75, 3.05) is 32.0 Å². The minimum Gasteiger partial charge on any atom is -0.481 e. The van der Waals surface area contributed by atoms with E-state index in [2.05, 4.69) is 22.5 Å². The summed E-state index contributed by atoms with van der Waals surface area (Å²) in [6, 6.07) is 15.3. The van der Waals surface area contributed by atoms with E-state index in [0.29, 0.717) is 25.4 Å². The lowest BCUT2D eigenvalue weighted by Crippen LogP contribution is -2.54. The van der Waals surface area contributed by atoms with E-state index in [1.54, 1.807) is 6.92 Å². The number of imide groups is 1. The van der Waals surface area contributed by atoms with Crippen LogP contribution >= 0.6 is 0 Å². The molecule has 2 aromatic carbocycles. The molecule has 0 atom stereocenters. The molecule has 0 aliphatic carbocycles. The van der Waals surface area contributed by atoms with Gasteiger partial charge in [-0.3, -0.25) is 14.8 Å². The van der Waals surface area contributed by atoms with Crippen molar-refractivity contribution in [1.29, 1.82) is 0 Å². The number of nitrogens with one attached hydrogen (secondary N) is 2. The molecule has 10 heteroatoms. The molecule has 0 unspecified atom stereocenters. The maximum absolute atomic E-state index is 13.3. The van der Waals surface area contributed by atoms with E-state index in [4.69, 9.17) is 4.74 Å². The second-order valence-corrected chi connectivity index (χ2v) is 10.6. The van der Waals surface area contributed by atoms with Crippen LogP contribution in [0.3, 0.4) is 0 Å². The molecule has 9 nitrogen and oxygen atoms in total. The van der Waals surface area contributed by atoms with Crippen molar-refractivity contribution >= 4 is 21.7 Å². The van der Waals surface area contributed by atoms with Crippen LogP contribution in [-0.2, 0) is 26.0 Å². The van der Waals surface area contributed by atoms with E-state index in [-0.39, 0.29) is 36.0 Å². The first-order valence-corrected chi connectivity index (χ1v) is 13.3. The molecular weight excluding hydrogens is 482 g/mol. The van der Waals surface area contributed by atoms with Gasteiger partial charge in [-0.15, -0.1) is 5.92 Å². The number of carbonyl (C=O) groups is 2. The lowest BCUT2D eigenvalue weighted by atomic mass is 9.79. The summed E-state index contributed by atoms with van der Waals surface area (Å²) in [5.74, 6) is 3.67. The summed E-state index contributed by atoms with van der Waals surface area (Å²) in [6.45, 7) is 2.76. The van der Waals surface area contributed by atoms with Gasteiger partial charge in [0.1, 0.15) is 12.4 Å². The van der Waals surface area contributed by atoms with Crippen molar-refractivity contribution < 1.29 is 28.0 Å². The van der Waals surface area contributed by atoms with Crippen molar-refractivity contribution in [2.24, 2.45) is 5.41 Å². The molecule has 1 fully saturated rings. The van der Waals surface area contributed by atoms with E-state index < -0.39 is 32.8 Å². The number of piperidine rings is 1. The van der Waals surface area contributed by atoms with Crippen LogP contribution in [0.1, 0.15) is 25.3 Å². The van der Waals surface area contributed by atoms with E-state index in [0.717, 1.165) is 5.56 Å². The van der Waals surface area contributed by atoms with Crippen molar-refractivity contribution in [3.63, 3.8) is 0 Å². The smallest absolute Gasteiger partial charge is 0.267 e. The SMILES string of the molecule is CC#CCOc1ccc(S(=O)(=O)CC2(C(=O)N(O)C(=O)CNCc3ccccc3)CCNCC2)cc1. The number of hydrogen-bond acceptors (Lipinski definition) is 8. The quantitative estimate of drug-likeness (QED) is 0.249. The van der Waals surface area contributed by atoms with E-state index >= 15 is 0 Å². The summed E-state index contributed by atoms with van der Waals surface area (Å²) < 4.78 is 32.0. The molecule has 3 rings (SSSR count). The van der Waals surface area contributed by atoms with Gasteiger partial charge in [0.2, 0.25) is 0 Å². The molecule has 1 aliphatic heterocycles. The third kappa shape index (κ3) is 7.15. The summed E-state index contributed by atoms with van der Waals surface area (Å²) in [5.41, 5.74) is -0.489. The highest BCUT2D eigenvalue weighted by Gasteiger charge is 2.47. The van der Waals surface area contributed by atoms with E-state index in [1.165, 1.54) is 24.3 Å². The summed E-state index contributed by atoms with van der Waals surface area (Å²) >= 11 is 0. The van der Waals surface area contributed by atoms with E-state index in [1.807, 2.05) is 30.3 Å². The molecule has 1 aliphatic rings. The van der Waals surface area contributed by atoms with Gasteiger partial charge in [0.15, 0.2) is 9.84 Å². The molecule has 3 N–H and O–H groups in total. The lowest BCUT2D eigenvalue weighted by Gasteiger charge is -2.37. The lowest BCUT2D eigenvalue weighted by molar-refractivity contribution is -0.186. The fourth-order valence-corrected chi connectivity index (χ4v) is 5.89. The largest absolute Gasteiger partial charge is 0.481 e. The molecule has 2 aromatic rings. The first-order chi connectivity index (χ1) is 17.3.